The molecule has 0 amide bonds. The van der Waals surface area contributed by atoms with Gasteiger partial charge in [0.15, 0.2) is 6.37 Å². The minimum atomic E-state index is -1.27. The third-order valence-corrected chi connectivity index (χ3v) is 17.8. The minimum absolute atomic E-state index is 0.120. The molecule has 2 unspecified atom stereocenters. The van der Waals surface area contributed by atoms with Gasteiger partial charge in [0, 0.05) is 11.5 Å². The third kappa shape index (κ3) is 4.87. The van der Waals surface area contributed by atoms with Gasteiger partial charge in [0.05, 0.1) is 13.2 Å². The van der Waals surface area contributed by atoms with Gasteiger partial charge in [0.2, 0.25) is 0 Å². The highest BCUT2D eigenvalue weighted by Crippen LogP contribution is 2.47. The molecule has 0 aromatic carbocycles. The molecular weight excluding hydrogens is 317 g/mol. The van der Waals surface area contributed by atoms with Gasteiger partial charge in [-0.15, -0.1) is 35.5 Å². The molecule has 2 fully saturated rings. The van der Waals surface area contributed by atoms with Crippen LogP contribution in [-0.2, 0) is 9.47 Å². The summed E-state index contributed by atoms with van der Waals surface area (Å²) in [4.78, 5) is -0.248. The van der Waals surface area contributed by atoms with Crippen LogP contribution >= 0.6 is 57.5 Å². The molecule has 2 heterocycles. The topological polar surface area (TPSA) is 25.1 Å². The Bertz CT molecular complexity index is 267. The van der Waals surface area contributed by atoms with Crippen LogP contribution in [0, 0.1) is 0 Å². The Hall–Kier alpha value is 1.89. The van der Waals surface area contributed by atoms with Crippen LogP contribution in [0.5, 0.6) is 0 Å². The first kappa shape index (κ1) is 14.3. The maximum Gasteiger partial charge on any atom is 0.184 e. The monoisotopic (exact) mass is 332 g/mol. The lowest BCUT2D eigenvalue weighted by atomic mass is 10.6. The van der Waals surface area contributed by atoms with Crippen LogP contribution in [0.25, 0.3) is 0 Å². The maximum absolute atomic E-state index is 5.28. The lowest BCUT2D eigenvalue weighted by Crippen LogP contribution is -2.19. The molecule has 0 radical (unpaired) electrons. The van der Waals surface area contributed by atoms with E-state index in [4.69, 9.17) is 9.47 Å². The molecule has 0 saturated carbocycles. The van der Waals surface area contributed by atoms with Gasteiger partial charge < -0.3 is 9.47 Å². The molecule has 2 aliphatic heterocycles. The predicted octanol–water partition coefficient (Wildman–Crippen LogP) is 3.12. The fourth-order valence-electron chi connectivity index (χ4n) is 0.907. The molecule has 0 bridgehead atoms. The van der Waals surface area contributed by atoms with Crippen molar-refractivity contribution < 1.29 is 9.47 Å². The molecule has 2 aliphatic rings. The normalized spacial score (nSPS) is 37.5. The minimum Gasteiger partial charge on any atom is -0.357 e. The van der Waals surface area contributed by atoms with Crippen LogP contribution in [0.15, 0.2) is 0 Å². The second-order valence-corrected chi connectivity index (χ2v) is 20.7. The summed E-state index contributed by atoms with van der Waals surface area (Å²) in [6.45, 7) is 6.34. The van der Waals surface area contributed by atoms with E-state index in [0.29, 0.717) is 0 Å². The largest absolute Gasteiger partial charge is 0.357 e. The van der Waals surface area contributed by atoms with Crippen LogP contribution in [0.2, 0.25) is 13.1 Å². The molecular formula is C8H16O2S5Si. The van der Waals surface area contributed by atoms with Crippen molar-refractivity contribution in [3.05, 3.63) is 0 Å². The van der Waals surface area contributed by atoms with Crippen LogP contribution in [0.1, 0.15) is 0 Å². The van der Waals surface area contributed by atoms with Gasteiger partial charge in [-0.2, -0.15) is 11.2 Å². The Balaban J connectivity index is 1.61. The lowest BCUT2D eigenvalue weighted by Gasteiger charge is -2.21. The Morgan fingerprint density at radius 1 is 1.12 bits per heavy atom. The zero-order valence-electron chi connectivity index (χ0n) is 9.26. The van der Waals surface area contributed by atoms with Gasteiger partial charge >= 0.3 is 0 Å². The maximum atomic E-state index is 5.28. The molecule has 2 nitrogen and oxygen atoms in total. The average molecular weight is 333 g/mol. The summed E-state index contributed by atoms with van der Waals surface area (Å²) >= 11 is 10.9. The standard InChI is InChI=1S/C8H16O2S5Si/c1-16(2,14-6-8(12)4-10-8)15-13-5-7(11)3-9-7/h11-12H,3-6H2,1-2H3. The Kier molecular flexibility index (Phi) is 4.56. The van der Waals surface area contributed by atoms with Crippen LogP contribution in [0.3, 0.4) is 0 Å². The third-order valence-electron chi connectivity index (χ3n) is 2.14. The van der Waals surface area contributed by atoms with E-state index < -0.39 is 6.37 Å². The van der Waals surface area contributed by atoms with Gasteiger partial charge in [0.25, 0.3) is 0 Å². The summed E-state index contributed by atoms with van der Waals surface area (Å²) in [6, 6.07) is 0. The average Bonchev–Trinajstić information content (AvgIpc) is 3.06. The number of ether oxygens (including phenoxy) is 2. The van der Waals surface area contributed by atoms with E-state index in [9.17, 15) is 0 Å². The van der Waals surface area contributed by atoms with Gasteiger partial charge in [0.1, 0.15) is 9.87 Å². The molecule has 94 valence electrons. The van der Waals surface area contributed by atoms with Crippen molar-refractivity contribution in [1.29, 1.82) is 0 Å². The molecule has 0 spiro atoms. The van der Waals surface area contributed by atoms with E-state index >= 15 is 0 Å². The van der Waals surface area contributed by atoms with Crippen molar-refractivity contribution in [2.75, 3.05) is 24.7 Å². The number of rotatable bonds is 7. The Morgan fingerprint density at radius 3 is 2.12 bits per heavy atom. The first-order chi connectivity index (χ1) is 7.33. The fourth-order valence-corrected chi connectivity index (χ4v) is 13.7. The molecule has 2 saturated heterocycles. The van der Waals surface area contributed by atoms with Crippen molar-refractivity contribution in [3.63, 3.8) is 0 Å². The first-order valence-corrected chi connectivity index (χ1v) is 13.6. The highest BCUT2D eigenvalue weighted by Gasteiger charge is 2.44. The van der Waals surface area contributed by atoms with Gasteiger partial charge in [-0.3, -0.25) is 0 Å². The Morgan fingerprint density at radius 2 is 1.62 bits per heavy atom. The summed E-state index contributed by atoms with van der Waals surface area (Å²) in [5, 5.41) is 0. The zero-order valence-corrected chi connectivity index (χ0v) is 14.5. The molecule has 0 aliphatic carbocycles. The van der Waals surface area contributed by atoms with Crippen molar-refractivity contribution in [2.45, 2.75) is 23.0 Å². The van der Waals surface area contributed by atoms with E-state index in [1.165, 1.54) is 0 Å². The van der Waals surface area contributed by atoms with Crippen molar-refractivity contribution >= 4 is 63.9 Å². The van der Waals surface area contributed by atoms with E-state index in [-0.39, 0.29) is 9.87 Å². The molecule has 0 aromatic rings. The fraction of sp³-hybridized carbons (Fsp3) is 1.00. The summed E-state index contributed by atoms with van der Waals surface area (Å²) in [5.74, 6) is 1.98. The van der Waals surface area contributed by atoms with Crippen LogP contribution < -0.4 is 0 Å². The second-order valence-electron chi connectivity index (χ2n) is 4.50. The van der Waals surface area contributed by atoms with Crippen molar-refractivity contribution in [1.82, 2.24) is 0 Å². The molecule has 0 aromatic heterocycles. The van der Waals surface area contributed by atoms with Gasteiger partial charge in [-0.25, -0.2) is 0 Å². The SMILES string of the molecule is C[Si](C)(SCC1(S)CO1)SSCC1(S)CO1. The smallest absolute Gasteiger partial charge is 0.184 e. The summed E-state index contributed by atoms with van der Waals surface area (Å²) in [7, 11) is 3.91. The van der Waals surface area contributed by atoms with E-state index in [2.05, 4.69) is 38.4 Å². The van der Waals surface area contributed by atoms with E-state index in [1.54, 1.807) is 0 Å². The zero-order chi connectivity index (χ0) is 11.9. The molecule has 16 heavy (non-hydrogen) atoms. The number of hydrogen-bond donors (Lipinski definition) is 2. The number of thiol groups is 2. The lowest BCUT2D eigenvalue weighted by molar-refractivity contribution is 0.407. The van der Waals surface area contributed by atoms with Crippen LogP contribution in [-0.4, -0.2) is 41.0 Å². The van der Waals surface area contributed by atoms with E-state index in [1.807, 2.05) is 32.2 Å². The Labute approximate surface area is 120 Å². The van der Waals surface area contributed by atoms with Gasteiger partial charge in [-0.1, -0.05) is 23.9 Å². The van der Waals surface area contributed by atoms with E-state index in [0.717, 1.165) is 24.7 Å². The highest BCUT2D eigenvalue weighted by atomic mass is 33.2. The highest BCUT2D eigenvalue weighted by molar-refractivity contribution is 8.94. The van der Waals surface area contributed by atoms with Gasteiger partial charge in [-0.05, 0) is 0 Å². The molecule has 2 atom stereocenters. The quantitative estimate of drug-likeness (QED) is 0.323. The predicted molar refractivity (Wildman–Crippen MR) is 85.3 cm³/mol. The van der Waals surface area contributed by atoms with Crippen molar-refractivity contribution in [2.24, 2.45) is 0 Å². The summed E-state index contributed by atoms with van der Waals surface area (Å²) < 4.78 is 10.5. The molecule has 8 heteroatoms. The first-order valence-electron chi connectivity index (χ1n) is 5.00. The number of hydrogen-bond acceptors (Lipinski definition) is 7. The summed E-state index contributed by atoms with van der Waals surface area (Å²) in [5.41, 5.74) is 0. The molecule has 0 N–H and O–H groups in total. The van der Waals surface area contributed by atoms with Crippen molar-refractivity contribution in [3.8, 4) is 0 Å². The second kappa shape index (κ2) is 5.11. The molecule has 2 rings (SSSR count). The number of epoxide rings is 2. The van der Waals surface area contributed by atoms with Crippen LogP contribution in [0.4, 0.5) is 0 Å². The summed E-state index contributed by atoms with van der Waals surface area (Å²) in [6.07, 6.45) is -1.27.